The lowest BCUT2D eigenvalue weighted by Gasteiger charge is -2.31. The third-order valence-corrected chi connectivity index (χ3v) is 3.75. The Morgan fingerprint density at radius 2 is 2.16 bits per heavy atom. The van der Waals surface area contributed by atoms with Crippen LogP contribution in [0, 0.1) is 12.8 Å². The Morgan fingerprint density at radius 3 is 2.84 bits per heavy atom. The van der Waals surface area contributed by atoms with E-state index in [2.05, 4.69) is 9.97 Å². The molecule has 1 aromatic rings. The highest BCUT2D eigenvalue weighted by atomic mass is 16.3. The molecule has 0 saturated heterocycles. The molecular formula is C14H21N3O2. The number of hydrogen-bond donors (Lipinski definition) is 1. The summed E-state index contributed by atoms with van der Waals surface area (Å²) in [5.41, 5.74) is 1.20. The number of nitrogens with zero attached hydrogens (tertiary/aromatic N) is 3. The summed E-state index contributed by atoms with van der Waals surface area (Å²) in [6.45, 7) is 2.42. The number of aryl methyl sites for hydroxylation is 1. The lowest BCUT2D eigenvalue weighted by molar-refractivity contribution is 0.0448. The summed E-state index contributed by atoms with van der Waals surface area (Å²) in [4.78, 5) is 21.9. The highest BCUT2D eigenvalue weighted by molar-refractivity contribution is 5.92. The van der Waals surface area contributed by atoms with Crippen molar-refractivity contribution in [1.29, 1.82) is 0 Å². The fourth-order valence-electron chi connectivity index (χ4n) is 2.60. The van der Waals surface area contributed by atoms with E-state index in [1.54, 1.807) is 18.0 Å². The van der Waals surface area contributed by atoms with Crippen LogP contribution in [0.4, 0.5) is 0 Å². The van der Waals surface area contributed by atoms with Gasteiger partial charge in [-0.2, -0.15) is 0 Å². The molecule has 1 aliphatic carbocycles. The first kappa shape index (κ1) is 13.9. The minimum absolute atomic E-state index is 0.108. The molecule has 5 nitrogen and oxygen atoms in total. The van der Waals surface area contributed by atoms with Crippen LogP contribution in [0.3, 0.4) is 0 Å². The average Bonchev–Trinajstić information content (AvgIpc) is 2.40. The first-order chi connectivity index (χ1) is 9.08. The highest BCUT2D eigenvalue weighted by Crippen LogP contribution is 2.25. The number of amides is 1. The van der Waals surface area contributed by atoms with Crippen molar-refractivity contribution in [1.82, 2.24) is 14.9 Å². The molecule has 1 aromatic heterocycles. The summed E-state index contributed by atoms with van der Waals surface area (Å²) in [5, 5.41) is 9.95. The SMILES string of the molecule is Cc1cc(C(=O)N(C)CC2CCCCC2O)ncn1. The van der Waals surface area contributed by atoms with Crippen molar-refractivity contribution in [2.24, 2.45) is 5.92 Å². The quantitative estimate of drug-likeness (QED) is 0.895. The summed E-state index contributed by atoms with van der Waals surface area (Å²) in [6, 6.07) is 1.69. The van der Waals surface area contributed by atoms with Crippen LogP contribution in [-0.4, -0.2) is 45.6 Å². The normalized spacial score (nSPS) is 23.1. The van der Waals surface area contributed by atoms with Gasteiger partial charge in [-0.25, -0.2) is 9.97 Å². The number of aliphatic hydroxyl groups excluding tert-OH is 1. The lowest BCUT2D eigenvalue weighted by Crippen LogP contribution is -2.38. The summed E-state index contributed by atoms with van der Waals surface area (Å²) in [6.07, 6.45) is 5.18. The number of carbonyl (C=O) groups is 1. The Hall–Kier alpha value is -1.49. The predicted octanol–water partition coefficient (Wildman–Crippen LogP) is 1.41. The van der Waals surface area contributed by atoms with Gasteiger partial charge in [-0.1, -0.05) is 12.8 Å². The molecule has 0 aromatic carbocycles. The maximum Gasteiger partial charge on any atom is 0.272 e. The second-order valence-electron chi connectivity index (χ2n) is 5.34. The third kappa shape index (κ3) is 3.50. The zero-order valence-corrected chi connectivity index (χ0v) is 11.5. The molecule has 19 heavy (non-hydrogen) atoms. The molecule has 1 saturated carbocycles. The summed E-state index contributed by atoms with van der Waals surface area (Å²) < 4.78 is 0. The van der Waals surface area contributed by atoms with E-state index in [4.69, 9.17) is 0 Å². The van der Waals surface area contributed by atoms with E-state index in [9.17, 15) is 9.90 Å². The number of rotatable bonds is 3. The molecule has 1 amide bonds. The third-order valence-electron chi connectivity index (χ3n) is 3.75. The molecule has 2 unspecified atom stereocenters. The lowest BCUT2D eigenvalue weighted by atomic mass is 9.86. The van der Waals surface area contributed by atoms with E-state index in [0.29, 0.717) is 12.2 Å². The molecule has 2 rings (SSSR count). The monoisotopic (exact) mass is 263 g/mol. The van der Waals surface area contributed by atoms with Crippen LogP contribution in [0.25, 0.3) is 0 Å². The van der Waals surface area contributed by atoms with E-state index >= 15 is 0 Å². The van der Waals surface area contributed by atoms with Gasteiger partial charge in [0.25, 0.3) is 5.91 Å². The van der Waals surface area contributed by atoms with E-state index in [1.165, 1.54) is 6.33 Å². The number of aromatic nitrogens is 2. The molecule has 0 aliphatic heterocycles. The summed E-state index contributed by atoms with van der Waals surface area (Å²) in [7, 11) is 1.76. The Labute approximate surface area is 113 Å². The Morgan fingerprint density at radius 1 is 1.42 bits per heavy atom. The molecule has 0 bridgehead atoms. The molecule has 1 fully saturated rings. The smallest absolute Gasteiger partial charge is 0.272 e. The summed E-state index contributed by atoms with van der Waals surface area (Å²) >= 11 is 0. The van der Waals surface area contributed by atoms with Crippen LogP contribution < -0.4 is 0 Å². The van der Waals surface area contributed by atoms with Gasteiger partial charge >= 0.3 is 0 Å². The van der Waals surface area contributed by atoms with Gasteiger partial charge in [0.15, 0.2) is 0 Å². The zero-order valence-electron chi connectivity index (χ0n) is 11.5. The minimum atomic E-state index is -0.281. The van der Waals surface area contributed by atoms with Gasteiger partial charge in [0.2, 0.25) is 0 Å². The first-order valence-corrected chi connectivity index (χ1v) is 6.80. The van der Waals surface area contributed by atoms with Gasteiger partial charge in [0, 0.05) is 25.2 Å². The fourth-order valence-corrected chi connectivity index (χ4v) is 2.60. The molecule has 1 N–H and O–H groups in total. The topological polar surface area (TPSA) is 66.3 Å². The number of hydrogen-bond acceptors (Lipinski definition) is 4. The Kier molecular flexibility index (Phi) is 4.47. The second-order valence-corrected chi connectivity index (χ2v) is 5.34. The van der Waals surface area contributed by atoms with Crippen LogP contribution in [0.15, 0.2) is 12.4 Å². The largest absolute Gasteiger partial charge is 0.393 e. The first-order valence-electron chi connectivity index (χ1n) is 6.80. The molecule has 104 valence electrons. The van der Waals surface area contributed by atoms with Crippen LogP contribution in [-0.2, 0) is 0 Å². The fraction of sp³-hybridized carbons (Fsp3) is 0.643. The van der Waals surface area contributed by atoms with Crippen molar-refractivity contribution in [3.63, 3.8) is 0 Å². The van der Waals surface area contributed by atoms with Crippen molar-refractivity contribution in [2.75, 3.05) is 13.6 Å². The molecule has 0 radical (unpaired) electrons. The van der Waals surface area contributed by atoms with Gasteiger partial charge in [-0.15, -0.1) is 0 Å². The maximum absolute atomic E-state index is 12.2. The van der Waals surface area contributed by atoms with Crippen LogP contribution in [0.5, 0.6) is 0 Å². The van der Waals surface area contributed by atoms with Crippen molar-refractivity contribution in [3.8, 4) is 0 Å². The average molecular weight is 263 g/mol. The maximum atomic E-state index is 12.2. The molecule has 0 spiro atoms. The van der Waals surface area contributed by atoms with Crippen molar-refractivity contribution in [2.45, 2.75) is 38.7 Å². The van der Waals surface area contributed by atoms with Gasteiger partial charge in [-0.05, 0) is 25.8 Å². The molecule has 1 heterocycles. The number of aliphatic hydroxyl groups is 1. The predicted molar refractivity (Wildman–Crippen MR) is 71.7 cm³/mol. The van der Waals surface area contributed by atoms with E-state index in [-0.39, 0.29) is 17.9 Å². The Balaban J connectivity index is 1.99. The van der Waals surface area contributed by atoms with E-state index < -0.39 is 0 Å². The highest BCUT2D eigenvalue weighted by Gasteiger charge is 2.26. The van der Waals surface area contributed by atoms with Crippen molar-refractivity contribution >= 4 is 5.91 Å². The second kappa shape index (κ2) is 6.10. The van der Waals surface area contributed by atoms with Gasteiger partial charge in [0.05, 0.1) is 6.10 Å². The van der Waals surface area contributed by atoms with Gasteiger partial charge in [-0.3, -0.25) is 4.79 Å². The van der Waals surface area contributed by atoms with Crippen LogP contribution in [0.1, 0.15) is 41.9 Å². The number of carbonyl (C=O) groups excluding carboxylic acids is 1. The minimum Gasteiger partial charge on any atom is -0.393 e. The zero-order chi connectivity index (χ0) is 13.8. The standard InChI is InChI=1S/C14H21N3O2/c1-10-7-12(16-9-15-10)14(19)17(2)8-11-5-3-4-6-13(11)18/h7,9,11,13,18H,3-6,8H2,1-2H3. The summed E-state index contributed by atoms with van der Waals surface area (Å²) in [5.74, 6) is 0.0777. The van der Waals surface area contributed by atoms with Crippen molar-refractivity contribution in [3.05, 3.63) is 23.8 Å². The van der Waals surface area contributed by atoms with E-state index in [0.717, 1.165) is 31.4 Å². The van der Waals surface area contributed by atoms with Crippen LogP contribution in [0.2, 0.25) is 0 Å². The molecule has 1 aliphatic rings. The van der Waals surface area contributed by atoms with Crippen molar-refractivity contribution < 1.29 is 9.90 Å². The molecule has 2 atom stereocenters. The van der Waals surface area contributed by atoms with Gasteiger partial charge in [0.1, 0.15) is 12.0 Å². The molecular weight excluding hydrogens is 242 g/mol. The van der Waals surface area contributed by atoms with Gasteiger partial charge < -0.3 is 10.0 Å². The van der Waals surface area contributed by atoms with E-state index in [1.807, 2.05) is 6.92 Å². The van der Waals surface area contributed by atoms with Crippen LogP contribution >= 0.6 is 0 Å². The molecule has 5 heteroatoms. The Bertz CT molecular complexity index is 450.